The van der Waals surface area contributed by atoms with E-state index in [1.807, 2.05) is 39.8 Å². The van der Waals surface area contributed by atoms with Gasteiger partial charge in [-0.25, -0.2) is 4.79 Å². The molecule has 1 aliphatic rings. The van der Waals surface area contributed by atoms with E-state index in [1.165, 1.54) is 0 Å². The maximum Gasteiger partial charge on any atom is 0.318 e. The highest BCUT2D eigenvalue weighted by Gasteiger charge is 2.35. The molecule has 0 saturated carbocycles. The summed E-state index contributed by atoms with van der Waals surface area (Å²) >= 11 is 0. The smallest absolute Gasteiger partial charge is 0.318 e. The summed E-state index contributed by atoms with van der Waals surface area (Å²) in [6, 6.07) is 0.0169. The molecule has 1 heterocycles. The molecule has 0 aliphatic carbocycles. The first-order valence-corrected chi connectivity index (χ1v) is 6.10. The van der Waals surface area contributed by atoms with Crippen molar-refractivity contribution in [1.82, 2.24) is 15.1 Å². The molecule has 2 atom stereocenters. The summed E-state index contributed by atoms with van der Waals surface area (Å²) in [4.78, 5) is 15.9. The molecule has 1 rings (SSSR count). The molecule has 0 aromatic rings. The number of amides is 2. The first-order chi connectivity index (χ1) is 7.69. The number of aliphatic hydroxyl groups is 1. The van der Waals surface area contributed by atoms with Crippen LogP contribution in [0.25, 0.3) is 0 Å². The van der Waals surface area contributed by atoms with Crippen molar-refractivity contribution in [2.45, 2.75) is 44.9 Å². The fraction of sp³-hybridized carbons (Fsp3) is 0.917. The SMILES string of the molecule is CN(C)CC1CC(O)CN1C(=O)NC(C)(C)C. The zero-order chi connectivity index (χ0) is 13.2. The summed E-state index contributed by atoms with van der Waals surface area (Å²) in [6.07, 6.45) is 0.265. The number of urea groups is 1. The first-order valence-electron chi connectivity index (χ1n) is 6.10. The summed E-state index contributed by atoms with van der Waals surface area (Å²) in [5.74, 6) is 0. The molecule has 0 aromatic heterocycles. The summed E-state index contributed by atoms with van der Waals surface area (Å²) < 4.78 is 0. The van der Waals surface area contributed by atoms with Crippen LogP contribution in [0.1, 0.15) is 27.2 Å². The van der Waals surface area contributed by atoms with Gasteiger partial charge >= 0.3 is 6.03 Å². The lowest BCUT2D eigenvalue weighted by Gasteiger charge is -2.30. The number of likely N-dealkylation sites (tertiary alicyclic amines) is 1. The normalized spacial score (nSPS) is 25.5. The van der Waals surface area contributed by atoms with E-state index in [0.29, 0.717) is 13.0 Å². The second-order valence-electron chi connectivity index (χ2n) is 6.14. The van der Waals surface area contributed by atoms with Crippen molar-refractivity contribution < 1.29 is 9.90 Å². The van der Waals surface area contributed by atoms with Gasteiger partial charge in [0.15, 0.2) is 0 Å². The number of likely N-dealkylation sites (N-methyl/N-ethyl adjacent to an activating group) is 1. The molecule has 17 heavy (non-hydrogen) atoms. The number of carbonyl (C=O) groups is 1. The quantitative estimate of drug-likeness (QED) is 0.742. The van der Waals surface area contributed by atoms with Gasteiger partial charge in [0.25, 0.3) is 0 Å². The van der Waals surface area contributed by atoms with Crippen LogP contribution in [0.2, 0.25) is 0 Å². The maximum absolute atomic E-state index is 12.1. The highest BCUT2D eigenvalue weighted by atomic mass is 16.3. The molecular weight excluding hydrogens is 218 g/mol. The van der Waals surface area contributed by atoms with Crippen LogP contribution in [-0.2, 0) is 0 Å². The second kappa shape index (κ2) is 5.23. The molecule has 1 fully saturated rings. The number of carbonyl (C=O) groups excluding carboxylic acids is 1. The second-order valence-corrected chi connectivity index (χ2v) is 6.14. The molecule has 5 heteroatoms. The van der Waals surface area contributed by atoms with Gasteiger partial charge < -0.3 is 20.2 Å². The molecule has 1 aliphatic heterocycles. The Morgan fingerprint density at radius 3 is 2.53 bits per heavy atom. The minimum Gasteiger partial charge on any atom is -0.391 e. The van der Waals surface area contributed by atoms with Crippen molar-refractivity contribution in [2.24, 2.45) is 0 Å². The average Bonchev–Trinajstić information content (AvgIpc) is 2.42. The van der Waals surface area contributed by atoms with Crippen molar-refractivity contribution >= 4 is 6.03 Å². The van der Waals surface area contributed by atoms with Crippen molar-refractivity contribution in [3.63, 3.8) is 0 Å². The Labute approximate surface area is 104 Å². The molecule has 0 radical (unpaired) electrons. The predicted octanol–water partition coefficient (Wildman–Crippen LogP) is 0.491. The molecule has 0 bridgehead atoms. The lowest BCUT2D eigenvalue weighted by atomic mass is 10.1. The van der Waals surface area contributed by atoms with Gasteiger partial charge in [0.2, 0.25) is 0 Å². The third kappa shape index (κ3) is 4.52. The van der Waals surface area contributed by atoms with Crippen LogP contribution in [0.4, 0.5) is 4.79 Å². The van der Waals surface area contributed by atoms with Gasteiger partial charge in [0.1, 0.15) is 0 Å². The topological polar surface area (TPSA) is 55.8 Å². The number of β-amino-alcohol motifs (C(OH)–C–C–N with tert-alkyl or cyclic N) is 1. The number of rotatable bonds is 2. The summed E-state index contributed by atoms with van der Waals surface area (Å²) in [5, 5.41) is 12.6. The standard InChI is InChI=1S/C12H25N3O2/c1-12(2,3)13-11(17)15-8-10(16)6-9(15)7-14(4)5/h9-10,16H,6-8H2,1-5H3,(H,13,17). The van der Waals surface area contributed by atoms with Crippen LogP contribution in [0.3, 0.4) is 0 Å². The number of aliphatic hydroxyl groups excluding tert-OH is 1. The highest BCUT2D eigenvalue weighted by molar-refractivity contribution is 5.75. The van der Waals surface area contributed by atoms with Crippen LogP contribution in [0.15, 0.2) is 0 Å². The number of hydrogen-bond acceptors (Lipinski definition) is 3. The third-order valence-electron chi connectivity index (χ3n) is 2.71. The number of hydrogen-bond donors (Lipinski definition) is 2. The van der Waals surface area contributed by atoms with Gasteiger partial charge in [0, 0.05) is 24.7 Å². The summed E-state index contributed by atoms with van der Waals surface area (Å²) in [6.45, 7) is 7.09. The van der Waals surface area contributed by atoms with Crippen LogP contribution < -0.4 is 5.32 Å². The van der Waals surface area contributed by atoms with Crippen molar-refractivity contribution in [3.8, 4) is 0 Å². The zero-order valence-corrected chi connectivity index (χ0v) is 11.5. The third-order valence-corrected chi connectivity index (χ3v) is 2.71. The lowest BCUT2D eigenvalue weighted by Crippen LogP contribution is -2.51. The zero-order valence-electron chi connectivity index (χ0n) is 11.5. The largest absolute Gasteiger partial charge is 0.391 e. The van der Waals surface area contributed by atoms with Crippen molar-refractivity contribution in [3.05, 3.63) is 0 Å². The maximum atomic E-state index is 12.1. The Balaban J connectivity index is 2.63. The Morgan fingerprint density at radius 2 is 2.06 bits per heavy atom. The lowest BCUT2D eigenvalue weighted by molar-refractivity contribution is 0.161. The van der Waals surface area contributed by atoms with E-state index >= 15 is 0 Å². The fourth-order valence-corrected chi connectivity index (χ4v) is 2.13. The predicted molar refractivity (Wildman–Crippen MR) is 68.0 cm³/mol. The van der Waals surface area contributed by atoms with E-state index < -0.39 is 6.10 Å². The molecule has 0 spiro atoms. The Kier molecular flexibility index (Phi) is 4.38. The molecule has 0 aromatic carbocycles. The van der Waals surface area contributed by atoms with E-state index in [-0.39, 0.29) is 17.6 Å². The van der Waals surface area contributed by atoms with Gasteiger partial charge in [-0.15, -0.1) is 0 Å². The molecule has 100 valence electrons. The van der Waals surface area contributed by atoms with Crippen molar-refractivity contribution in [2.75, 3.05) is 27.2 Å². The van der Waals surface area contributed by atoms with Gasteiger partial charge in [0.05, 0.1) is 6.10 Å². The Morgan fingerprint density at radius 1 is 1.47 bits per heavy atom. The Hall–Kier alpha value is -0.810. The van der Waals surface area contributed by atoms with Crippen LogP contribution >= 0.6 is 0 Å². The summed E-state index contributed by atoms with van der Waals surface area (Å²) in [5.41, 5.74) is -0.243. The number of nitrogens with one attached hydrogen (secondary N) is 1. The van der Waals surface area contributed by atoms with E-state index in [0.717, 1.165) is 6.54 Å². The summed E-state index contributed by atoms with van der Waals surface area (Å²) in [7, 11) is 3.95. The molecule has 5 nitrogen and oxygen atoms in total. The average molecular weight is 243 g/mol. The van der Waals surface area contributed by atoms with Crippen LogP contribution in [0, 0.1) is 0 Å². The molecule has 2 unspecified atom stereocenters. The minimum atomic E-state index is -0.398. The van der Waals surface area contributed by atoms with Gasteiger partial charge in [-0.05, 0) is 41.3 Å². The highest BCUT2D eigenvalue weighted by Crippen LogP contribution is 2.19. The number of nitrogens with zero attached hydrogens (tertiary/aromatic N) is 2. The van der Waals surface area contributed by atoms with E-state index in [9.17, 15) is 9.90 Å². The minimum absolute atomic E-state index is 0.0825. The molecule has 2 amide bonds. The van der Waals surface area contributed by atoms with Gasteiger partial charge in [-0.3, -0.25) is 0 Å². The molecule has 2 N–H and O–H groups in total. The van der Waals surface area contributed by atoms with Gasteiger partial charge in [-0.1, -0.05) is 0 Å². The van der Waals surface area contributed by atoms with Crippen molar-refractivity contribution in [1.29, 1.82) is 0 Å². The van der Waals surface area contributed by atoms with Gasteiger partial charge in [-0.2, -0.15) is 0 Å². The van der Waals surface area contributed by atoms with Crippen LogP contribution in [0.5, 0.6) is 0 Å². The van der Waals surface area contributed by atoms with E-state index in [2.05, 4.69) is 5.32 Å². The Bertz CT molecular complexity index is 273. The van der Waals surface area contributed by atoms with E-state index in [1.54, 1.807) is 4.90 Å². The molecular formula is C12H25N3O2. The monoisotopic (exact) mass is 243 g/mol. The first kappa shape index (κ1) is 14.3. The molecule has 1 saturated heterocycles. The van der Waals surface area contributed by atoms with Crippen LogP contribution in [-0.4, -0.2) is 65.8 Å². The van der Waals surface area contributed by atoms with E-state index in [4.69, 9.17) is 0 Å². The fourth-order valence-electron chi connectivity index (χ4n) is 2.13.